The Bertz CT molecular complexity index is 691. The van der Waals surface area contributed by atoms with Gasteiger partial charge in [-0.1, -0.05) is 11.3 Å². The zero-order valence-electron chi connectivity index (χ0n) is 9.92. The van der Waals surface area contributed by atoms with Gasteiger partial charge in [-0.25, -0.2) is 9.37 Å². The average Bonchev–Trinajstić information content (AvgIpc) is 3.09. The second-order valence-electron chi connectivity index (χ2n) is 4.58. The van der Waals surface area contributed by atoms with Gasteiger partial charge >= 0.3 is 6.18 Å². The molecule has 1 aliphatic carbocycles. The Morgan fingerprint density at radius 1 is 1.35 bits per heavy atom. The van der Waals surface area contributed by atoms with E-state index in [2.05, 4.69) is 10.3 Å². The molecule has 1 aliphatic rings. The molecule has 0 atom stereocenters. The Morgan fingerprint density at radius 3 is 2.65 bits per heavy atom. The smallest absolute Gasteiger partial charge is 0.302 e. The van der Waals surface area contributed by atoms with Gasteiger partial charge in [-0.15, -0.1) is 0 Å². The van der Waals surface area contributed by atoms with Gasteiger partial charge in [-0.3, -0.25) is 4.79 Å². The summed E-state index contributed by atoms with van der Waals surface area (Å²) in [6, 6.07) is 1.45. The number of benzene rings is 1. The van der Waals surface area contributed by atoms with Gasteiger partial charge in [0, 0.05) is 5.92 Å². The molecule has 0 unspecified atom stereocenters. The van der Waals surface area contributed by atoms with Crippen LogP contribution in [0, 0.1) is 11.7 Å². The SMILES string of the molecule is O=C(Nc1nc2cc(C(F)(F)F)c(F)cc2s1)C1CC1. The van der Waals surface area contributed by atoms with E-state index in [-0.39, 0.29) is 27.2 Å². The lowest BCUT2D eigenvalue weighted by molar-refractivity contribution is -0.139. The number of carbonyl (C=O) groups is 1. The normalized spacial score (nSPS) is 15.6. The Morgan fingerprint density at radius 2 is 2.05 bits per heavy atom. The summed E-state index contributed by atoms with van der Waals surface area (Å²) >= 11 is 0.954. The standard InChI is InChI=1S/C12H8F4N2OS/c13-7-4-9-8(3-6(7)12(14,15)16)17-11(20-9)18-10(19)5-1-2-5/h3-5H,1-2H2,(H,17,18,19). The fourth-order valence-corrected chi connectivity index (χ4v) is 2.65. The molecule has 0 saturated heterocycles. The van der Waals surface area contributed by atoms with E-state index in [0.29, 0.717) is 6.07 Å². The van der Waals surface area contributed by atoms with Crippen molar-refractivity contribution in [2.75, 3.05) is 5.32 Å². The number of rotatable bonds is 2. The zero-order valence-corrected chi connectivity index (χ0v) is 10.7. The van der Waals surface area contributed by atoms with Crippen molar-refractivity contribution >= 4 is 32.6 Å². The molecule has 0 bridgehead atoms. The minimum atomic E-state index is -4.76. The second-order valence-corrected chi connectivity index (χ2v) is 5.61. The van der Waals surface area contributed by atoms with E-state index in [1.165, 1.54) is 0 Å². The summed E-state index contributed by atoms with van der Waals surface area (Å²) in [7, 11) is 0. The number of aromatic nitrogens is 1. The van der Waals surface area contributed by atoms with Gasteiger partial charge in [0.1, 0.15) is 5.82 Å². The number of hydrogen-bond acceptors (Lipinski definition) is 3. The minimum absolute atomic E-state index is 0.0230. The third-order valence-corrected chi connectivity index (χ3v) is 3.89. The fourth-order valence-electron chi connectivity index (χ4n) is 1.77. The maximum atomic E-state index is 13.4. The average molecular weight is 304 g/mol. The minimum Gasteiger partial charge on any atom is -0.302 e. The number of thiazole rings is 1. The summed E-state index contributed by atoms with van der Waals surface area (Å²) < 4.78 is 51.4. The number of alkyl halides is 3. The Balaban J connectivity index is 1.96. The summed E-state index contributed by atoms with van der Waals surface area (Å²) in [5.74, 6) is -1.57. The van der Waals surface area contributed by atoms with E-state index in [1.807, 2.05) is 0 Å². The lowest BCUT2D eigenvalue weighted by atomic mass is 10.2. The molecular weight excluding hydrogens is 296 g/mol. The molecule has 0 radical (unpaired) electrons. The van der Waals surface area contributed by atoms with Crippen molar-refractivity contribution in [3.63, 3.8) is 0 Å². The van der Waals surface area contributed by atoms with Crippen molar-refractivity contribution in [2.45, 2.75) is 19.0 Å². The lowest BCUT2D eigenvalue weighted by Gasteiger charge is -2.06. The van der Waals surface area contributed by atoms with Crippen LogP contribution in [-0.2, 0) is 11.0 Å². The molecule has 3 nitrogen and oxygen atoms in total. The van der Waals surface area contributed by atoms with Crippen LogP contribution in [0.3, 0.4) is 0 Å². The predicted molar refractivity (Wildman–Crippen MR) is 65.9 cm³/mol. The van der Waals surface area contributed by atoms with Crippen LogP contribution in [0.1, 0.15) is 18.4 Å². The van der Waals surface area contributed by atoms with Crippen LogP contribution in [0.15, 0.2) is 12.1 Å². The molecule has 1 aromatic heterocycles. The van der Waals surface area contributed by atoms with Gasteiger partial charge in [0.2, 0.25) is 5.91 Å². The summed E-state index contributed by atoms with van der Waals surface area (Å²) in [5.41, 5.74) is -1.33. The molecule has 1 fully saturated rings. The highest BCUT2D eigenvalue weighted by atomic mass is 32.1. The van der Waals surface area contributed by atoms with E-state index in [4.69, 9.17) is 0 Å². The maximum absolute atomic E-state index is 13.4. The number of nitrogens with one attached hydrogen (secondary N) is 1. The molecule has 106 valence electrons. The highest BCUT2D eigenvalue weighted by Crippen LogP contribution is 2.37. The quantitative estimate of drug-likeness (QED) is 0.857. The summed E-state index contributed by atoms with van der Waals surface area (Å²) in [6.07, 6.45) is -3.15. The van der Waals surface area contributed by atoms with Gasteiger partial charge < -0.3 is 5.32 Å². The molecule has 20 heavy (non-hydrogen) atoms. The Labute approximate surface area is 114 Å². The van der Waals surface area contributed by atoms with Crippen LogP contribution in [0.2, 0.25) is 0 Å². The van der Waals surface area contributed by atoms with E-state index in [1.54, 1.807) is 0 Å². The summed E-state index contributed by atoms with van der Waals surface area (Å²) in [6.45, 7) is 0. The molecule has 8 heteroatoms. The highest BCUT2D eigenvalue weighted by Gasteiger charge is 2.35. The first-order chi connectivity index (χ1) is 9.34. The van der Waals surface area contributed by atoms with Crippen LogP contribution in [0.4, 0.5) is 22.7 Å². The Hall–Kier alpha value is -1.70. The lowest BCUT2D eigenvalue weighted by Crippen LogP contribution is -2.12. The highest BCUT2D eigenvalue weighted by molar-refractivity contribution is 7.22. The van der Waals surface area contributed by atoms with Gasteiger partial charge in [-0.05, 0) is 25.0 Å². The van der Waals surface area contributed by atoms with Crippen molar-refractivity contribution in [1.29, 1.82) is 0 Å². The number of amides is 1. The molecule has 1 saturated carbocycles. The molecule has 1 N–H and O–H groups in total. The fraction of sp³-hybridized carbons (Fsp3) is 0.333. The predicted octanol–water partition coefficient (Wildman–Crippen LogP) is 3.80. The number of fused-ring (bicyclic) bond motifs is 1. The van der Waals surface area contributed by atoms with Crippen molar-refractivity contribution in [3.8, 4) is 0 Å². The topological polar surface area (TPSA) is 42.0 Å². The molecule has 0 aliphatic heterocycles. The molecular formula is C12H8F4N2OS. The zero-order chi connectivity index (χ0) is 14.5. The van der Waals surface area contributed by atoms with Gasteiger partial charge in [0.25, 0.3) is 0 Å². The first-order valence-electron chi connectivity index (χ1n) is 5.83. The molecule has 1 aromatic carbocycles. The largest absolute Gasteiger partial charge is 0.419 e. The van der Waals surface area contributed by atoms with Crippen LogP contribution < -0.4 is 5.32 Å². The number of halogens is 4. The number of hydrogen-bond donors (Lipinski definition) is 1. The first kappa shape index (κ1) is 13.3. The van der Waals surface area contributed by atoms with Crippen molar-refractivity contribution in [3.05, 3.63) is 23.5 Å². The van der Waals surface area contributed by atoms with Crippen molar-refractivity contribution in [2.24, 2.45) is 5.92 Å². The molecule has 1 heterocycles. The van der Waals surface area contributed by atoms with Crippen molar-refractivity contribution < 1.29 is 22.4 Å². The first-order valence-corrected chi connectivity index (χ1v) is 6.64. The van der Waals surface area contributed by atoms with Gasteiger partial charge in [0.05, 0.1) is 15.8 Å². The van der Waals surface area contributed by atoms with E-state index in [0.717, 1.165) is 30.2 Å². The Kier molecular flexibility index (Phi) is 2.93. The van der Waals surface area contributed by atoms with Crippen LogP contribution in [0.5, 0.6) is 0 Å². The monoisotopic (exact) mass is 304 g/mol. The number of anilines is 1. The van der Waals surface area contributed by atoms with Gasteiger partial charge in [-0.2, -0.15) is 13.2 Å². The number of carbonyl (C=O) groups excluding carboxylic acids is 1. The number of nitrogens with zero attached hydrogens (tertiary/aromatic N) is 1. The third-order valence-electron chi connectivity index (χ3n) is 2.96. The maximum Gasteiger partial charge on any atom is 0.419 e. The van der Waals surface area contributed by atoms with Gasteiger partial charge in [0.15, 0.2) is 5.13 Å². The summed E-state index contributed by atoms with van der Waals surface area (Å²) in [5, 5.41) is 2.73. The second kappa shape index (κ2) is 4.41. The third kappa shape index (κ3) is 2.47. The molecule has 3 rings (SSSR count). The van der Waals surface area contributed by atoms with Crippen LogP contribution in [0.25, 0.3) is 10.2 Å². The van der Waals surface area contributed by atoms with Crippen LogP contribution in [-0.4, -0.2) is 10.9 Å². The van der Waals surface area contributed by atoms with Crippen LogP contribution >= 0.6 is 11.3 Å². The van der Waals surface area contributed by atoms with E-state index in [9.17, 15) is 22.4 Å². The molecule has 0 spiro atoms. The van der Waals surface area contributed by atoms with Crippen molar-refractivity contribution in [1.82, 2.24) is 4.98 Å². The summed E-state index contributed by atoms with van der Waals surface area (Å²) in [4.78, 5) is 15.4. The van der Waals surface area contributed by atoms with E-state index < -0.39 is 17.6 Å². The molecule has 1 amide bonds. The molecule has 2 aromatic rings. The van der Waals surface area contributed by atoms with E-state index >= 15 is 0 Å².